The molecule has 0 atom stereocenters. The molecular weight excluding hydrogens is 631 g/mol. The van der Waals surface area contributed by atoms with Crippen molar-refractivity contribution < 1.29 is 0 Å². The van der Waals surface area contributed by atoms with Gasteiger partial charge in [-0.1, -0.05) is 121 Å². The monoisotopic (exact) mass is 659 g/mol. The summed E-state index contributed by atoms with van der Waals surface area (Å²) >= 11 is 3.74. The first-order chi connectivity index (χ1) is 24.3. The highest BCUT2D eigenvalue weighted by Crippen LogP contribution is 2.49. The van der Waals surface area contributed by atoms with E-state index in [0.29, 0.717) is 0 Å². The predicted octanol–water partition coefficient (Wildman–Crippen LogP) is 14.4. The summed E-state index contributed by atoms with van der Waals surface area (Å²) in [6, 6.07) is 64.5. The molecule has 0 amide bonds. The molecule has 0 unspecified atom stereocenters. The van der Waals surface area contributed by atoms with Crippen molar-refractivity contribution in [1.82, 2.24) is 0 Å². The van der Waals surface area contributed by atoms with Crippen LogP contribution in [0.3, 0.4) is 0 Å². The molecule has 10 aromatic rings. The van der Waals surface area contributed by atoms with Crippen molar-refractivity contribution in [2.75, 3.05) is 4.90 Å². The number of nitrogens with zero attached hydrogens (tertiary/aromatic N) is 1. The van der Waals surface area contributed by atoms with Crippen LogP contribution in [0.2, 0.25) is 0 Å². The normalized spacial score (nSPS) is 11.7. The molecule has 8 aromatic carbocycles. The first kappa shape index (κ1) is 28.3. The van der Waals surface area contributed by atoms with E-state index in [0.717, 1.165) is 11.4 Å². The van der Waals surface area contributed by atoms with E-state index >= 15 is 0 Å². The molecule has 1 nitrogen and oxygen atoms in total. The van der Waals surface area contributed by atoms with Gasteiger partial charge in [0.15, 0.2) is 0 Å². The molecule has 0 aliphatic heterocycles. The molecule has 0 aliphatic rings. The largest absolute Gasteiger partial charge is 0.310 e. The van der Waals surface area contributed by atoms with Gasteiger partial charge in [0.2, 0.25) is 0 Å². The van der Waals surface area contributed by atoms with E-state index in [2.05, 4.69) is 181 Å². The van der Waals surface area contributed by atoms with E-state index in [1.165, 1.54) is 79.1 Å². The Labute approximate surface area is 292 Å². The van der Waals surface area contributed by atoms with Crippen LogP contribution < -0.4 is 4.90 Å². The summed E-state index contributed by atoms with van der Waals surface area (Å²) in [7, 11) is 0. The summed E-state index contributed by atoms with van der Waals surface area (Å²) in [6.07, 6.45) is 0. The fraction of sp³-hybridized carbons (Fsp3) is 0. The first-order valence-electron chi connectivity index (χ1n) is 16.6. The molecule has 0 aliphatic carbocycles. The van der Waals surface area contributed by atoms with Gasteiger partial charge in [-0.25, -0.2) is 0 Å². The zero-order valence-electron chi connectivity index (χ0n) is 26.5. The lowest BCUT2D eigenvalue weighted by atomic mass is 9.94. The fourth-order valence-corrected chi connectivity index (χ4v) is 9.60. The summed E-state index contributed by atoms with van der Waals surface area (Å²) in [5.74, 6) is 0. The van der Waals surface area contributed by atoms with Crippen molar-refractivity contribution in [1.29, 1.82) is 0 Å². The average molecular weight is 660 g/mol. The Morgan fingerprint density at radius 2 is 0.959 bits per heavy atom. The molecule has 0 spiro atoms. The number of benzene rings is 8. The van der Waals surface area contributed by atoms with Crippen molar-refractivity contribution in [2.45, 2.75) is 0 Å². The Morgan fingerprint density at radius 1 is 0.347 bits per heavy atom. The van der Waals surface area contributed by atoms with E-state index in [-0.39, 0.29) is 0 Å². The molecule has 2 heterocycles. The van der Waals surface area contributed by atoms with Gasteiger partial charge in [-0.05, 0) is 82.1 Å². The smallest absolute Gasteiger partial charge is 0.0547 e. The first-order valence-corrected chi connectivity index (χ1v) is 18.2. The molecule has 10 rings (SSSR count). The van der Waals surface area contributed by atoms with Gasteiger partial charge in [0.1, 0.15) is 0 Å². The Kier molecular flexibility index (Phi) is 6.61. The standard InChI is InChI=1S/C46H29NS2/c1-2-10-30(11-3-1)32-20-22-35(23-21-32)47(36-24-25-38-37-14-6-8-16-41(37)49-44(38)29-36)40-26-27-43-46(39-15-7-9-17-42(39)48-43)45(40)34-19-18-31-12-4-5-13-33(31)28-34/h1-29H. The maximum Gasteiger partial charge on any atom is 0.0547 e. The predicted molar refractivity (Wildman–Crippen MR) is 215 cm³/mol. The third-order valence-electron chi connectivity index (χ3n) is 9.65. The molecule has 0 fully saturated rings. The van der Waals surface area contributed by atoms with Crippen LogP contribution in [0.25, 0.3) is 73.4 Å². The lowest BCUT2D eigenvalue weighted by molar-refractivity contribution is 1.30. The van der Waals surface area contributed by atoms with Gasteiger partial charge < -0.3 is 4.90 Å². The molecule has 0 N–H and O–H groups in total. The minimum atomic E-state index is 1.13. The van der Waals surface area contributed by atoms with E-state index < -0.39 is 0 Å². The highest BCUT2D eigenvalue weighted by molar-refractivity contribution is 7.26. The molecule has 0 saturated carbocycles. The van der Waals surface area contributed by atoms with Crippen LogP contribution in [0.1, 0.15) is 0 Å². The number of anilines is 3. The lowest BCUT2D eigenvalue weighted by Gasteiger charge is -2.29. The number of fused-ring (bicyclic) bond motifs is 7. The second kappa shape index (κ2) is 11.5. The zero-order chi connectivity index (χ0) is 32.3. The van der Waals surface area contributed by atoms with Crippen molar-refractivity contribution in [3.63, 3.8) is 0 Å². The highest BCUT2D eigenvalue weighted by Gasteiger charge is 2.23. The van der Waals surface area contributed by atoms with Gasteiger partial charge >= 0.3 is 0 Å². The molecule has 0 saturated heterocycles. The topological polar surface area (TPSA) is 3.24 Å². The van der Waals surface area contributed by atoms with E-state index in [4.69, 9.17) is 0 Å². The maximum absolute atomic E-state index is 2.47. The summed E-state index contributed by atoms with van der Waals surface area (Å²) in [5, 5.41) is 7.72. The van der Waals surface area contributed by atoms with Crippen LogP contribution >= 0.6 is 22.7 Å². The summed E-state index contributed by atoms with van der Waals surface area (Å²) in [5.41, 5.74) is 8.34. The zero-order valence-corrected chi connectivity index (χ0v) is 28.1. The lowest BCUT2D eigenvalue weighted by Crippen LogP contribution is -2.11. The Hall–Kier alpha value is -5.74. The van der Waals surface area contributed by atoms with Crippen molar-refractivity contribution in [3.05, 3.63) is 176 Å². The van der Waals surface area contributed by atoms with Crippen LogP contribution in [0.4, 0.5) is 17.1 Å². The van der Waals surface area contributed by atoms with Gasteiger partial charge in [0.05, 0.1) is 5.69 Å². The van der Waals surface area contributed by atoms with Crippen LogP contribution in [-0.2, 0) is 0 Å². The molecule has 230 valence electrons. The maximum atomic E-state index is 2.47. The van der Waals surface area contributed by atoms with Gasteiger partial charge in [0.25, 0.3) is 0 Å². The van der Waals surface area contributed by atoms with Crippen molar-refractivity contribution >= 4 is 90.9 Å². The van der Waals surface area contributed by atoms with Gasteiger partial charge in [0, 0.05) is 57.3 Å². The number of thiophene rings is 2. The third kappa shape index (κ3) is 4.74. The SMILES string of the molecule is c1ccc(-c2ccc(N(c3ccc4c(c3)sc3ccccc34)c3ccc4sc5ccccc5c4c3-c3ccc4ccccc4c3)cc2)cc1. The number of hydrogen-bond donors (Lipinski definition) is 0. The van der Waals surface area contributed by atoms with Gasteiger partial charge in [-0.3, -0.25) is 0 Å². The fourth-order valence-electron chi connectivity index (χ4n) is 7.34. The van der Waals surface area contributed by atoms with Crippen molar-refractivity contribution in [2.24, 2.45) is 0 Å². The summed E-state index contributed by atoms with van der Waals surface area (Å²) in [4.78, 5) is 2.47. The van der Waals surface area contributed by atoms with Gasteiger partial charge in [-0.2, -0.15) is 0 Å². The van der Waals surface area contributed by atoms with Crippen LogP contribution in [0.5, 0.6) is 0 Å². The van der Waals surface area contributed by atoms with Crippen LogP contribution in [0, 0.1) is 0 Å². The Morgan fingerprint density at radius 3 is 1.80 bits per heavy atom. The molecule has 0 radical (unpaired) electrons. The number of rotatable bonds is 5. The molecular formula is C46H29NS2. The van der Waals surface area contributed by atoms with Crippen LogP contribution in [-0.4, -0.2) is 0 Å². The highest BCUT2D eigenvalue weighted by atomic mass is 32.1. The van der Waals surface area contributed by atoms with Crippen molar-refractivity contribution in [3.8, 4) is 22.3 Å². The molecule has 2 aromatic heterocycles. The Bertz CT molecular complexity index is 2830. The van der Waals surface area contributed by atoms with E-state index in [1.54, 1.807) is 0 Å². The van der Waals surface area contributed by atoms with E-state index in [9.17, 15) is 0 Å². The van der Waals surface area contributed by atoms with Crippen LogP contribution in [0.15, 0.2) is 176 Å². The quantitative estimate of drug-likeness (QED) is 0.178. The minimum Gasteiger partial charge on any atom is -0.310 e. The Balaban J connectivity index is 1.27. The second-order valence-corrected chi connectivity index (χ2v) is 14.7. The average Bonchev–Trinajstić information content (AvgIpc) is 3.73. The van der Waals surface area contributed by atoms with Gasteiger partial charge in [-0.15, -0.1) is 22.7 Å². The van der Waals surface area contributed by atoms with E-state index in [1.807, 2.05) is 22.7 Å². The third-order valence-corrected chi connectivity index (χ3v) is 11.9. The molecule has 49 heavy (non-hydrogen) atoms. The molecule has 0 bridgehead atoms. The number of hydrogen-bond acceptors (Lipinski definition) is 3. The summed E-state index contributed by atoms with van der Waals surface area (Å²) in [6.45, 7) is 0. The second-order valence-electron chi connectivity index (χ2n) is 12.5. The summed E-state index contributed by atoms with van der Waals surface area (Å²) < 4.78 is 5.21. The molecule has 3 heteroatoms. The minimum absolute atomic E-state index is 1.13.